The van der Waals surface area contributed by atoms with Crippen molar-refractivity contribution in [2.24, 2.45) is 0 Å². The number of nitrogen functional groups attached to an aromatic ring is 1. The van der Waals surface area contributed by atoms with E-state index in [4.69, 9.17) is 27.2 Å². The van der Waals surface area contributed by atoms with Crippen LogP contribution in [0.1, 0.15) is 0 Å². The molecule has 4 N–H and O–H groups in total. The molecule has 0 aliphatic carbocycles. The molecule has 1 aromatic carbocycles. The van der Waals surface area contributed by atoms with Gasteiger partial charge in [0.1, 0.15) is 4.90 Å². The van der Waals surface area contributed by atoms with Crippen LogP contribution in [0.4, 0.5) is 5.69 Å². The molecule has 18 heavy (non-hydrogen) atoms. The smallest absolute Gasteiger partial charge is 0.242 e. The number of sulfonamides is 1. The highest BCUT2D eigenvalue weighted by Gasteiger charge is 2.17. The molecule has 0 saturated carbocycles. The van der Waals surface area contributed by atoms with Gasteiger partial charge in [0.15, 0.2) is 0 Å². The summed E-state index contributed by atoms with van der Waals surface area (Å²) in [5.74, 6) is 0. The summed E-state index contributed by atoms with van der Waals surface area (Å²) in [6.45, 7) is 0.344. The van der Waals surface area contributed by atoms with Crippen LogP contribution in [0.25, 0.3) is 0 Å². The van der Waals surface area contributed by atoms with Crippen LogP contribution in [0.3, 0.4) is 0 Å². The summed E-state index contributed by atoms with van der Waals surface area (Å²) >= 11 is 5.81. The number of nitrogens with two attached hydrogens (primary N) is 1. The first-order valence-electron chi connectivity index (χ1n) is 5.20. The second-order valence-electron chi connectivity index (χ2n) is 3.42. The summed E-state index contributed by atoms with van der Waals surface area (Å²) in [5, 5.41) is 8.54. The molecule has 0 heterocycles. The maximum atomic E-state index is 11.9. The van der Waals surface area contributed by atoms with E-state index < -0.39 is 10.0 Å². The third-order valence-electron chi connectivity index (χ3n) is 2.02. The Hall–Kier alpha value is -0.860. The predicted octanol–water partition coefficient (Wildman–Crippen LogP) is 0.209. The third kappa shape index (κ3) is 4.43. The lowest BCUT2D eigenvalue weighted by atomic mass is 10.3. The van der Waals surface area contributed by atoms with Crippen molar-refractivity contribution < 1.29 is 18.3 Å². The molecule has 0 fully saturated rings. The van der Waals surface area contributed by atoms with E-state index in [9.17, 15) is 8.42 Å². The van der Waals surface area contributed by atoms with Crippen LogP contribution in [-0.2, 0) is 14.8 Å². The normalized spacial score (nSPS) is 11.7. The van der Waals surface area contributed by atoms with Crippen LogP contribution in [0, 0.1) is 0 Å². The molecule has 0 radical (unpaired) electrons. The van der Waals surface area contributed by atoms with E-state index in [0.717, 1.165) is 0 Å². The molecule has 0 saturated heterocycles. The number of rotatable bonds is 7. The monoisotopic (exact) mass is 294 g/mol. The Labute approximate surface area is 111 Å². The molecule has 0 spiro atoms. The number of ether oxygens (including phenoxy) is 1. The lowest BCUT2D eigenvalue weighted by Gasteiger charge is -2.08. The molecule has 0 bridgehead atoms. The number of halogens is 1. The van der Waals surface area contributed by atoms with Gasteiger partial charge in [-0.2, -0.15) is 0 Å². The van der Waals surface area contributed by atoms with Crippen molar-refractivity contribution in [3.05, 3.63) is 23.2 Å². The molecule has 1 aromatic rings. The van der Waals surface area contributed by atoms with Crippen LogP contribution in [0.15, 0.2) is 23.1 Å². The summed E-state index contributed by atoms with van der Waals surface area (Å²) in [6.07, 6.45) is 0. The minimum Gasteiger partial charge on any atom is -0.399 e. The summed E-state index contributed by atoms with van der Waals surface area (Å²) < 4.78 is 31.0. The zero-order valence-electron chi connectivity index (χ0n) is 9.60. The summed E-state index contributed by atoms with van der Waals surface area (Å²) in [4.78, 5) is -0.0273. The summed E-state index contributed by atoms with van der Waals surface area (Å²) in [7, 11) is -3.67. The van der Waals surface area contributed by atoms with Crippen LogP contribution >= 0.6 is 11.6 Å². The number of aliphatic hydroxyl groups is 1. The molecule has 0 aliphatic heterocycles. The first-order valence-corrected chi connectivity index (χ1v) is 7.07. The topological polar surface area (TPSA) is 102 Å². The Kier molecular flexibility index (Phi) is 5.83. The second-order valence-corrected chi connectivity index (χ2v) is 5.57. The molecular formula is C10H15ClN2O4S. The van der Waals surface area contributed by atoms with E-state index in [2.05, 4.69) is 4.72 Å². The molecule has 1 rings (SSSR count). The van der Waals surface area contributed by atoms with Gasteiger partial charge in [-0.3, -0.25) is 0 Å². The molecule has 102 valence electrons. The lowest BCUT2D eigenvalue weighted by Crippen LogP contribution is -2.28. The van der Waals surface area contributed by atoms with Gasteiger partial charge in [-0.05, 0) is 18.2 Å². The van der Waals surface area contributed by atoms with Crippen molar-refractivity contribution in [3.63, 3.8) is 0 Å². The number of hydrogen-bond donors (Lipinski definition) is 3. The summed E-state index contributed by atoms with van der Waals surface area (Å²) in [5.41, 5.74) is 5.88. The van der Waals surface area contributed by atoms with Crippen molar-refractivity contribution in [1.82, 2.24) is 4.72 Å². The number of hydrogen-bond acceptors (Lipinski definition) is 5. The number of nitrogens with one attached hydrogen (secondary N) is 1. The van der Waals surface area contributed by atoms with Gasteiger partial charge in [-0.25, -0.2) is 13.1 Å². The van der Waals surface area contributed by atoms with Crippen molar-refractivity contribution in [3.8, 4) is 0 Å². The quantitative estimate of drug-likeness (QED) is 0.493. The number of aliphatic hydroxyl groups excluding tert-OH is 1. The van der Waals surface area contributed by atoms with Gasteiger partial charge in [-0.15, -0.1) is 0 Å². The van der Waals surface area contributed by atoms with Crippen LogP contribution in [0.5, 0.6) is 0 Å². The molecule has 0 aromatic heterocycles. The van der Waals surface area contributed by atoms with Gasteiger partial charge in [-0.1, -0.05) is 11.6 Å². The van der Waals surface area contributed by atoms with E-state index in [0.29, 0.717) is 5.69 Å². The largest absolute Gasteiger partial charge is 0.399 e. The fourth-order valence-corrected chi connectivity index (χ4v) is 2.79. The maximum Gasteiger partial charge on any atom is 0.242 e. The van der Waals surface area contributed by atoms with Crippen molar-refractivity contribution >= 4 is 27.3 Å². The zero-order valence-corrected chi connectivity index (χ0v) is 11.2. The van der Waals surface area contributed by atoms with Gasteiger partial charge < -0.3 is 15.6 Å². The Morgan fingerprint density at radius 2 is 2.11 bits per heavy atom. The summed E-state index contributed by atoms with van der Waals surface area (Å²) in [6, 6.07) is 4.18. The molecule has 0 amide bonds. The first kappa shape index (κ1) is 15.2. The average molecular weight is 295 g/mol. The van der Waals surface area contributed by atoms with Gasteiger partial charge in [0.25, 0.3) is 0 Å². The first-order chi connectivity index (χ1) is 8.47. The van der Waals surface area contributed by atoms with Crippen molar-refractivity contribution in [2.45, 2.75) is 4.90 Å². The van der Waals surface area contributed by atoms with Gasteiger partial charge >= 0.3 is 0 Å². The third-order valence-corrected chi connectivity index (χ3v) is 3.96. The van der Waals surface area contributed by atoms with Crippen LogP contribution < -0.4 is 10.5 Å². The predicted molar refractivity (Wildman–Crippen MR) is 69.0 cm³/mol. The average Bonchev–Trinajstić information content (AvgIpc) is 2.28. The highest BCUT2D eigenvalue weighted by molar-refractivity contribution is 7.89. The number of benzene rings is 1. The fraction of sp³-hybridized carbons (Fsp3) is 0.400. The SMILES string of the molecule is Nc1ccc(S(=O)(=O)NCCOCCO)c(Cl)c1. The van der Waals surface area contributed by atoms with Gasteiger partial charge in [0.05, 0.1) is 24.8 Å². The van der Waals surface area contributed by atoms with Crippen molar-refractivity contribution in [2.75, 3.05) is 32.1 Å². The molecular weight excluding hydrogens is 280 g/mol. The highest BCUT2D eigenvalue weighted by atomic mass is 35.5. The second kappa shape index (κ2) is 6.91. The molecule has 0 atom stereocenters. The maximum absolute atomic E-state index is 11.9. The van der Waals surface area contributed by atoms with Crippen LogP contribution in [-0.4, -0.2) is 39.9 Å². The number of anilines is 1. The van der Waals surface area contributed by atoms with Gasteiger partial charge in [0.2, 0.25) is 10.0 Å². The van der Waals surface area contributed by atoms with E-state index in [1.807, 2.05) is 0 Å². The van der Waals surface area contributed by atoms with Crippen molar-refractivity contribution in [1.29, 1.82) is 0 Å². The molecule has 0 unspecified atom stereocenters. The van der Waals surface area contributed by atoms with E-state index in [-0.39, 0.29) is 36.3 Å². The molecule has 0 aliphatic rings. The highest BCUT2D eigenvalue weighted by Crippen LogP contribution is 2.23. The Morgan fingerprint density at radius 1 is 1.39 bits per heavy atom. The molecule has 6 nitrogen and oxygen atoms in total. The Balaban J connectivity index is 2.63. The lowest BCUT2D eigenvalue weighted by molar-refractivity contribution is 0.0961. The van der Waals surface area contributed by atoms with E-state index in [1.165, 1.54) is 18.2 Å². The minimum atomic E-state index is -3.67. The van der Waals surface area contributed by atoms with E-state index >= 15 is 0 Å². The Bertz CT molecular complexity index is 493. The minimum absolute atomic E-state index is 0.0273. The Morgan fingerprint density at radius 3 is 2.72 bits per heavy atom. The van der Waals surface area contributed by atoms with Crippen LogP contribution in [0.2, 0.25) is 5.02 Å². The zero-order chi connectivity index (χ0) is 13.6. The standard InChI is InChI=1S/C10H15ClN2O4S/c11-9-7-8(12)1-2-10(9)18(15,16)13-3-5-17-6-4-14/h1-2,7,13-14H,3-6,12H2. The fourth-order valence-electron chi connectivity index (χ4n) is 1.23. The molecule has 8 heteroatoms. The van der Waals surface area contributed by atoms with Gasteiger partial charge in [0, 0.05) is 12.2 Å². The van der Waals surface area contributed by atoms with E-state index in [1.54, 1.807) is 0 Å².